The Hall–Kier alpha value is -1.85. The highest BCUT2D eigenvalue weighted by Crippen LogP contribution is 2.35. The van der Waals surface area contributed by atoms with E-state index in [4.69, 9.17) is 9.51 Å². The first-order chi connectivity index (χ1) is 15.2. The Morgan fingerprint density at radius 3 is 2.31 bits per heavy atom. The summed E-state index contributed by atoms with van der Waals surface area (Å²) in [7, 11) is -3.68. The topological polar surface area (TPSA) is 102 Å². The third-order valence-electron chi connectivity index (χ3n) is 6.53. The quantitative estimate of drug-likeness (QED) is 0.585. The molecule has 1 aliphatic carbocycles. The van der Waals surface area contributed by atoms with E-state index in [1.54, 1.807) is 18.7 Å². The van der Waals surface area contributed by atoms with Crippen molar-refractivity contribution in [1.82, 2.24) is 23.9 Å². The van der Waals surface area contributed by atoms with Crippen molar-refractivity contribution in [3.8, 4) is 0 Å². The lowest BCUT2D eigenvalue weighted by atomic mass is 10.2. The first-order valence-corrected chi connectivity index (χ1v) is 13.5. The molecule has 1 saturated heterocycles. The predicted molar refractivity (Wildman–Crippen MR) is 121 cm³/mol. The number of sulfonamides is 1. The zero-order valence-corrected chi connectivity index (χ0v) is 20.8. The Balaban J connectivity index is 1.36. The first-order valence-electron chi connectivity index (χ1n) is 11.1. The molecule has 2 aromatic heterocycles. The molecule has 0 radical (unpaired) electrons. The predicted octanol–water partition coefficient (Wildman–Crippen LogP) is 2.85. The van der Waals surface area contributed by atoms with Crippen LogP contribution in [-0.4, -0.2) is 70.2 Å². The molecule has 0 aromatic carbocycles. The van der Waals surface area contributed by atoms with E-state index in [-0.39, 0.29) is 23.9 Å². The summed E-state index contributed by atoms with van der Waals surface area (Å²) in [4.78, 5) is 19.5. The smallest absolute Gasteiger partial charge is 0.248 e. The molecule has 176 valence electrons. The number of aryl methyl sites for hydroxylation is 3. The monoisotopic (exact) mass is 481 g/mol. The number of carbonyl (C=O) groups is 1. The van der Waals surface area contributed by atoms with Crippen LogP contribution in [0.25, 0.3) is 0 Å². The zero-order valence-electron chi connectivity index (χ0n) is 19.1. The zero-order chi connectivity index (χ0) is 23.0. The molecule has 3 heterocycles. The highest BCUT2D eigenvalue weighted by atomic mass is 32.2. The van der Waals surface area contributed by atoms with Crippen LogP contribution in [0.1, 0.15) is 54.6 Å². The maximum atomic E-state index is 13.0. The fourth-order valence-corrected chi connectivity index (χ4v) is 7.43. The second kappa shape index (κ2) is 9.18. The molecule has 2 fully saturated rings. The average Bonchev–Trinajstić information content (AvgIpc) is 3.47. The minimum Gasteiger partial charge on any atom is -0.360 e. The van der Waals surface area contributed by atoms with Gasteiger partial charge < -0.3 is 14.0 Å². The van der Waals surface area contributed by atoms with Gasteiger partial charge in [0.15, 0.2) is 10.9 Å². The molecule has 1 saturated carbocycles. The highest BCUT2D eigenvalue weighted by molar-refractivity contribution is 7.99. The molecule has 0 atom stereocenters. The standard InChI is InChI=1S/C21H31N5O4S2/c1-14-16(3)26(18-7-5-6-8-18)21(22-14)31-13-19(27)24-9-11-25(12-10-24)32(28,29)20-15(2)23-30-17(20)4/h18H,5-13H2,1-4H3. The van der Waals surface area contributed by atoms with Gasteiger partial charge in [0, 0.05) is 37.9 Å². The van der Waals surface area contributed by atoms with Crippen molar-refractivity contribution in [2.45, 2.75) is 69.5 Å². The second-order valence-corrected chi connectivity index (χ2v) is 11.4. The van der Waals surface area contributed by atoms with Crippen LogP contribution in [0, 0.1) is 27.7 Å². The van der Waals surface area contributed by atoms with Crippen molar-refractivity contribution in [3.63, 3.8) is 0 Å². The van der Waals surface area contributed by atoms with Gasteiger partial charge in [-0.2, -0.15) is 4.31 Å². The number of imidazole rings is 1. The highest BCUT2D eigenvalue weighted by Gasteiger charge is 2.34. The van der Waals surface area contributed by atoms with Gasteiger partial charge in [-0.3, -0.25) is 4.79 Å². The normalized spacial score (nSPS) is 18.6. The minimum atomic E-state index is -3.68. The molecule has 9 nitrogen and oxygen atoms in total. The van der Waals surface area contributed by atoms with Gasteiger partial charge in [-0.25, -0.2) is 13.4 Å². The van der Waals surface area contributed by atoms with Crippen molar-refractivity contribution in [2.24, 2.45) is 0 Å². The molecule has 32 heavy (non-hydrogen) atoms. The fraction of sp³-hybridized carbons (Fsp3) is 0.667. The van der Waals surface area contributed by atoms with Crippen molar-refractivity contribution in [1.29, 1.82) is 0 Å². The Morgan fingerprint density at radius 1 is 1.06 bits per heavy atom. The number of thioether (sulfide) groups is 1. The van der Waals surface area contributed by atoms with E-state index in [1.807, 2.05) is 6.92 Å². The molecule has 2 aliphatic rings. The largest absolute Gasteiger partial charge is 0.360 e. The van der Waals surface area contributed by atoms with E-state index in [0.717, 1.165) is 10.9 Å². The van der Waals surface area contributed by atoms with Gasteiger partial charge in [-0.15, -0.1) is 0 Å². The number of amides is 1. The summed E-state index contributed by atoms with van der Waals surface area (Å²) in [6.07, 6.45) is 4.82. The lowest BCUT2D eigenvalue weighted by Crippen LogP contribution is -2.51. The van der Waals surface area contributed by atoms with E-state index in [2.05, 4.69) is 16.6 Å². The Labute approximate surface area is 193 Å². The maximum Gasteiger partial charge on any atom is 0.248 e. The van der Waals surface area contributed by atoms with Crippen LogP contribution in [0.3, 0.4) is 0 Å². The molecule has 0 bridgehead atoms. The summed E-state index contributed by atoms with van der Waals surface area (Å²) in [5, 5.41) is 4.68. The van der Waals surface area contributed by atoms with Gasteiger partial charge in [0.25, 0.3) is 0 Å². The molecular formula is C21H31N5O4S2. The van der Waals surface area contributed by atoms with Gasteiger partial charge in [0.1, 0.15) is 10.6 Å². The van der Waals surface area contributed by atoms with Gasteiger partial charge in [0.2, 0.25) is 15.9 Å². The molecule has 1 aliphatic heterocycles. The van der Waals surface area contributed by atoms with Crippen LogP contribution in [0.15, 0.2) is 14.6 Å². The fourth-order valence-electron chi connectivity index (χ4n) is 4.66. The SMILES string of the molecule is Cc1noc(C)c1S(=O)(=O)N1CCN(C(=O)CSc2nc(C)c(C)n2C2CCCC2)CC1. The van der Waals surface area contributed by atoms with Crippen molar-refractivity contribution < 1.29 is 17.7 Å². The van der Waals surface area contributed by atoms with Gasteiger partial charge >= 0.3 is 0 Å². The lowest BCUT2D eigenvalue weighted by Gasteiger charge is -2.33. The van der Waals surface area contributed by atoms with E-state index < -0.39 is 10.0 Å². The van der Waals surface area contributed by atoms with Crippen LogP contribution >= 0.6 is 11.8 Å². The van der Waals surface area contributed by atoms with Gasteiger partial charge in [-0.1, -0.05) is 29.8 Å². The summed E-state index contributed by atoms with van der Waals surface area (Å²) in [5.41, 5.74) is 2.57. The number of carbonyl (C=O) groups excluding carboxylic acids is 1. The number of nitrogens with zero attached hydrogens (tertiary/aromatic N) is 5. The van der Waals surface area contributed by atoms with E-state index in [9.17, 15) is 13.2 Å². The molecule has 11 heteroatoms. The number of rotatable bonds is 6. The lowest BCUT2D eigenvalue weighted by molar-refractivity contribution is -0.129. The summed E-state index contributed by atoms with van der Waals surface area (Å²) < 4.78 is 34.7. The molecule has 2 aromatic rings. The maximum absolute atomic E-state index is 13.0. The summed E-state index contributed by atoms with van der Waals surface area (Å²) >= 11 is 1.49. The summed E-state index contributed by atoms with van der Waals surface area (Å²) in [6.45, 7) is 8.61. The van der Waals surface area contributed by atoms with Crippen LogP contribution < -0.4 is 0 Å². The molecule has 0 unspecified atom stereocenters. The molecule has 0 N–H and O–H groups in total. The van der Waals surface area contributed by atoms with Crippen LogP contribution in [0.4, 0.5) is 0 Å². The minimum absolute atomic E-state index is 0.0145. The molecule has 0 spiro atoms. The summed E-state index contributed by atoms with van der Waals surface area (Å²) in [5.74, 6) is 0.612. The van der Waals surface area contributed by atoms with E-state index in [1.165, 1.54) is 47.4 Å². The Bertz CT molecular complexity index is 1070. The molecular weight excluding hydrogens is 450 g/mol. The third kappa shape index (κ3) is 4.34. The summed E-state index contributed by atoms with van der Waals surface area (Å²) in [6, 6.07) is 0.479. The van der Waals surface area contributed by atoms with Crippen molar-refractivity contribution >= 4 is 27.7 Å². The molecule has 4 rings (SSSR count). The number of hydrogen-bond donors (Lipinski definition) is 0. The van der Waals surface area contributed by atoms with Crippen LogP contribution in [0.2, 0.25) is 0 Å². The number of aromatic nitrogens is 3. The van der Waals surface area contributed by atoms with E-state index >= 15 is 0 Å². The van der Waals surface area contributed by atoms with Crippen LogP contribution in [0.5, 0.6) is 0 Å². The van der Waals surface area contributed by atoms with Crippen LogP contribution in [-0.2, 0) is 14.8 Å². The first kappa shape index (κ1) is 23.3. The van der Waals surface area contributed by atoms with Gasteiger partial charge in [-0.05, 0) is 40.5 Å². The Kier molecular flexibility index (Phi) is 6.69. The van der Waals surface area contributed by atoms with Gasteiger partial charge in [0.05, 0.1) is 11.4 Å². The van der Waals surface area contributed by atoms with Crippen molar-refractivity contribution in [2.75, 3.05) is 31.9 Å². The van der Waals surface area contributed by atoms with E-state index in [0.29, 0.717) is 36.3 Å². The second-order valence-electron chi connectivity index (χ2n) is 8.60. The number of piperazine rings is 1. The average molecular weight is 482 g/mol. The molecule has 1 amide bonds. The third-order valence-corrected chi connectivity index (χ3v) is 9.61. The Morgan fingerprint density at radius 2 is 1.72 bits per heavy atom. The van der Waals surface area contributed by atoms with Crippen molar-refractivity contribution in [3.05, 3.63) is 22.8 Å². The number of hydrogen-bond acceptors (Lipinski definition) is 7.